The minimum atomic E-state index is -3.34. The van der Waals surface area contributed by atoms with E-state index in [2.05, 4.69) is 21.6 Å². The van der Waals surface area contributed by atoms with Crippen LogP contribution in [0.4, 0.5) is 0 Å². The average Bonchev–Trinajstić information content (AvgIpc) is 2.56. The first-order valence-corrected chi connectivity index (χ1v) is 10.1. The van der Waals surface area contributed by atoms with Gasteiger partial charge in [-0.2, -0.15) is 0 Å². The summed E-state index contributed by atoms with van der Waals surface area (Å²) in [6.07, 6.45) is 0. The summed E-state index contributed by atoms with van der Waals surface area (Å²) in [7, 11) is 0.253. The molecule has 1 aliphatic heterocycles. The molecular weight excluding hydrogens is 350 g/mol. The summed E-state index contributed by atoms with van der Waals surface area (Å²) in [4.78, 5) is 4.60. The van der Waals surface area contributed by atoms with Crippen LogP contribution in [0.3, 0.4) is 0 Å². The molecular formula is C16H26ClN3O3S. The molecule has 1 aromatic carbocycles. The quantitative estimate of drug-likeness (QED) is 0.739. The van der Waals surface area contributed by atoms with Crippen molar-refractivity contribution in [1.29, 1.82) is 0 Å². The van der Waals surface area contributed by atoms with Gasteiger partial charge in [-0.3, -0.25) is 4.90 Å². The number of ether oxygens (including phenoxy) is 1. The second kappa shape index (κ2) is 9.12. The number of nitrogens with zero attached hydrogens (tertiary/aromatic N) is 2. The van der Waals surface area contributed by atoms with Crippen LogP contribution >= 0.6 is 11.6 Å². The van der Waals surface area contributed by atoms with Crippen LogP contribution in [0.15, 0.2) is 24.3 Å². The highest BCUT2D eigenvalue weighted by Crippen LogP contribution is 2.23. The van der Waals surface area contributed by atoms with E-state index in [1.54, 1.807) is 0 Å². The number of likely N-dealkylation sites (N-methyl/N-ethyl adjacent to an activating group) is 1. The first kappa shape index (κ1) is 19.6. The van der Waals surface area contributed by atoms with Crippen LogP contribution in [-0.4, -0.2) is 77.5 Å². The van der Waals surface area contributed by atoms with E-state index in [9.17, 15) is 8.42 Å². The number of sulfonamides is 1. The lowest BCUT2D eigenvalue weighted by atomic mass is 10.0. The van der Waals surface area contributed by atoms with Crippen LogP contribution in [0.2, 0.25) is 5.02 Å². The molecule has 1 atom stereocenters. The van der Waals surface area contributed by atoms with Crippen molar-refractivity contribution >= 4 is 21.6 Å². The van der Waals surface area contributed by atoms with E-state index >= 15 is 0 Å². The van der Waals surface area contributed by atoms with Gasteiger partial charge in [0.2, 0.25) is 10.0 Å². The SMILES string of the molecule is COCCS(=O)(=O)NCC(c1ccc(Cl)cc1)N1CCN(C)CC1. The molecule has 1 aromatic rings. The summed E-state index contributed by atoms with van der Waals surface area (Å²) >= 11 is 5.98. The summed E-state index contributed by atoms with van der Waals surface area (Å²) in [6, 6.07) is 7.62. The smallest absolute Gasteiger partial charge is 0.213 e. The molecule has 1 aliphatic rings. The number of halogens is 1. The van der Waals surface area contributed by atoms with E-state index in [1.807, 2.05) is 24.3 Å². The van der Waals surface area contributed by atoms with Gasteiger partial charge in [0.1, 0.15) is 0 Å². The molecule has 24 heavy (non-hydrogen) atoms. The molecule has 0 bridgehead atoms. The van der Waals surface area contributed by atoms with Crippen molar-refractivity contribution in [2.45, 2.75) is 6.04 Å². The molecule has 1 saturated heterocycles. The fourth-order valence-corrected chi connectivity index (χ4v) is 3.82. The minimum Gasteiger partial charge on any atom is -0.384 e. The zero-order valence-corrected chi connectivity index (χ0v) is 15.8. The number of methoxy groups -OCH3 is 1. The van der Waals surface area contributed by atoms with E-state index in [0.29, 0.717) is 11.6 Å². The highest BCUT2D eigenvalue weighted by molar-refractivity contribution is 7.89. The van der Waals surface area contributed by atoms with E-state index in [1.165, 1.54) is 7.11 Å². The summed E-state index contributed by atoms with van der Waals surface area (Å²) in [5.41, 5.74) is 1.07. The van der Waals surface area contributed by atoms with Gasteiger partial charge in [0.25, 0.3) is 0 Å². The fourth-order valence-electron chi connectivity index (χ4n) is 2.75. The maximum absolute atomic E-state index is 12.1. The van der Waals surface area contributed by atoms with Gasteiger partial charge in [-0.05, 0) is 24.7 Å². The molecule has 0 radical (unpaired) electrons. The topological polar surface area (TPSA) is 61.9 Å². The predicted octanol–water partition coefficient (Wildman–Crippen LogP) is 1.19. The van der Waals surface area contributed by atoms with Crippen LogP contribution in [0.5, 0.6) is 0 Å². The van der Waals surface area contributed by atoms with Crippen LogP contribution in [-0.2, 0) is 14.8 Å². The Kier molecular flexibility index (Phi) is 7.46. The molecule has 1 N–H and O–H groups in total. The Labute approximate surface area is 149 Å². The molecule has 136 valence electrons. The monoisotopic (exact) mass is 375 g/mol. The van der Waals surface area contributed by atoms with Gasteiger partial charge in [-0.15, -0.1) is 0 Å². The van der Waals surface area contributed by atoms with Crippen LogP contribution in [0.1, 0.15) is 11.6 Å². The lowest BCUT2D eigenvalue weighted by Crippen LogP contribution is -2.48. The van der Waals surface area contributed by atoms with Crippen molar-refractivity contribution in [2.75, 3.05) is 59.2 Å². The Bertz CT molecular complexity index is 601. The van der Waals surface area contributed by atoms with Gasteiger partial charge in [0, 0.05) is 50.9 Å². The molecule has 0 amide bonds. The number of benzene rings is 1. The van der Waals surface area contributed by atoms with Crippen molar-refractivity contribution in [3.63, 3.8) is 0 Å². The molecule has 1 unspecified atom stereocenters. The normalized spacial score (nSPS) is 18.6. The first-order valence-electron chi connectivity index (χ1n) is 8.05. The van der Waals surface area contributed by atoms with Crippen molar-refractivity contribution in [1.82, 2.24) is 14.5 Å². The number of piperazine rings is 1. The van der Waals surface area contributed by atoms with Gasteiger partial charge >= 0.3 is 0 Å². The van der Waals surface area contributed by atoms with Crippen LogP contribution in [0.25, 0.3) is 0 Å². The first-order chi connectivity index (χ1) is 11.4. The highest BCUT2D eigenvalue weighted by atomic mass is 35.5. The Morgan fingerprint density at radius 3 is 2.42 bits per heavy atom. The van der Waals surface area contributed by atoms with Gasteiger partial charge in [0.05, 0.1) is 12.4 Å². The Balaban J connectivity index is 2.09. The number of hydrogen-bond donors (Lipinski definition) is 1. The second-order valence-electron chi connectivity index (χ2n) is 6.07. The molecule has 0 spiro atoms. The molecule has 1 heterocycles. The third-order valence-corrected chi connectivity index (χ3v) is 5.85. The Morgan fingerprint density at radius 2 is 1.83 bits per heavy atom. The van der Waals surface area contributed by atoms with Crippen LogP contribution < -0.4 is 4.72 Å². The van der Waals surface area contributed by atoms with Gasteiger partial charge in [0.15, 0.2) is 0 Å². The number of hydrogen-bond acceptors (Lipinski definition) is 5. The molecule has 0 aromatic heterocycles. The summed E-state index contributed by atoms with van der Waals surface area (Å²) < 4.78 is 31.7. The average molecular weight is 376 g/mol. The van der Waals surface area contributed by atoms with Crippen molar-refractivity contribution in [3.05, 3.63) is 34.9 Å². The van der Waals surface area contributed by atoms with E-state index in [4.69, 9.17) is 16.3 Å². The van der Waals surface area contributed by atoms with Gasteiger partial charge < -0.3 is 9.64 Å². The van der Waals surface area contributed by atoms with Crippen molar-refractivity contribution in [2.24, 2.45) is 0 Å². The second-order valence-corrected chi connectivity index (χ2v) is 8.43. The predicted molar refractivity (Wildman–Crippen MR) is 96.9 cm³/mol. The van der Waals surface area contributed by atoms with Crippen molar-refractivity contribution in [3.8, 4) is 0 Å². The highest BCUT2D eigenvalue weighted by Gasteiger charge is 2.25. The molecule has 8 heteroatoms. The molecule has 1 fully saturated rings. The van der Waals surface area contributed by atoms with Gasteiger partial charge in [-0.1, -0.05) is 23.7 Å². The number of nitrogens with one attached hydrogen (secondary N) is 1. The maximum Gasteiger partial charge on any atom is 0.213 e. The third-order valence-electron chi connectivity index (χ3n) is 4.29. The molecule has 0 aliphatic carbocycles. The lowest BCUT2D eigenvalue weighted by molar-refractivity contribution is 0.113. The Hall–Kier alpha value is -0.700. The molecule has 0 saturated carbocycles. The zero-order chi connectivity index (χ0) is 17.6. The lowest BCUT2D eigenvalue weighted by Gasteiger charge is -2.38. The van der Waals surface area contributed by atoms with Gasteiger partial charge in [-0.25, -0.2) is 13.1 Å². The summed E-state index contributed by atoms with van der Waals surface area (Å²) in [5.74, 6) is -0.0282. The fraction of sp³-hybridized carbons (Fsp3) is 0.625. The standard InChI is InChI=1S/C16H26ClN3O3S/c1-19-7-9-20(10-8-19)16(14-3-5-15(17)6-4-14)13-18-24(21,22)12-11-23-2/h3-6,16,18H,7-13H2,1-2H3. The summed E-state index contributed by atoms with van der Waals surface area (Å²) in [5, 5.41) is 0.677. The van der Waals surface area contributed by atoms with E-state index in [-0.39, 0.29) is 18.4 Å². The number of rotatable bonds is 8. The largest absolute Gasteiger partial charge is 0.384 e. The zero-order valence-electron chi connectivity index (χ0n) is 14.2. The molecule has 6 nitrogen and oxygen atoms in total. The summed E-state index contributed by atoms with van der Waals surface area (Å²) in [6.45, 7) is 4.29. The molecule has 2 rings (SSSR count). The third kappa shape index (κ3) is 5.98. The van der Waals surface area contributed by atoms with Crippen LogP contribution in [0, 0.1) is 0 Å². The maximum atomic E-state index is 12.1. The Morgan fingerprint density at radius 1 is 1.21 bits per heavy atom. The van der Waals surface area contributed by atoms with E-state index in [0.717, 1.165) is 31.7 Å². The van der Waals surface area contributed by atoms with Crippen molar-refractivity contribution < 1.29 is 13.2 Å². The van der Waals surface area contributed by atoms with E-state index < -0.39 is 10.0 Å². The minimum absolute atomic E-state index is 0.00622.